The Hall–Kier alpha value is -0.0800. The first-order valence-electron chi connectivity index (χ1n) is 6.98. The molecule has 1 saturated heterocycles. The molecule has 0 aromatic heterocycles. The molecule has 0 radical (unpaired) electrons. The van der Waals surface area contributed by atoms with Crippen LogP contribution in [0, 0.1) is 17.8 Å². The van der Waals surface area contributed by atoms with E-state index in [1.165, 1.54) is 38.5 Å². The Morgan fingerprint density at radius 1 is 1.00 bits per heavy atom. The molecule has 0 aromatic carbocycles. The van der Waals surface area contributed by atoms with Gasteiger partial charge in [-0.2, -0.15) is 0 Å². The maximum atomic E-state index is 6.28. The van der Waals surface area contributed by atoms with Crippen molar-refractivity contribution in [1.29, 1.82) is 0 Å². The summed E-state index contributed by atoms with van der Waals surface area (Å²) in [7, 11) is 1.87. The van der Waals surface area contributed by atoms with Gasteiger partial charge in [0.05, 0.1) is 18.3 Å². The van der Waals surface area contributed by atoms with Gasteiger partial charge in [-0.1, -0.05) is 19.8 Å². The van der Waals surface area contributed by atoms with Crippen molar-refractivity contribution < 1.29 is 9.47 Å². The number of hydrogen-bond donors (Lipinski definition) is 0. The van der Waals surface area contributed by atoms with Crippen LogP contribution in [-0.2, 0) is 9.47 Å². The van der Waals surface area contributed by atoms with E-state index in [0.29, 0.717) is 24.2 Å². The smallest absolute Gasteiger partial charge is 0.0615 e. The first-order chi connectivity index (χ1) is 7.79. The third-order valence-corrected chi connectivity index (χ3v) is 5.18. The molecule has 1 aliphatic heterocycles. The fourth-order valence-corrected chi connectivity index (χ4v) is 4.29. The van der Waals surface area contributed by atoms with Crippen LogP contribution in [0.1, 0.15) is 45.4 Å². The fourth-order valence-electron chi connectivity index (χ4n) is 4.29. The quantitative estimate of drug-likeness (QED) is 0.681. The topological polar surface area (TPSA) is 18.5 Å². The maximum absolute atomic E-state index is 6.28. The molecule has 2 heteroatoms. The minimum absolute atomic E-state index is 0.477. The number of rotatable bonds is 1. The number of hydrogen-bond acceptors (Lipinski definition) is 2. The van der Waals surface area contributed by atoms with E-state index in [1.54, 1.807) is 0 Å². The summed E-state index contributed by atoms with van der Waals surface area (Å²) in [6.45, 7) is 2.32. The Labute approximate surface area is 98.7 Å². The molecule has 0 aromatic rings. The van der Waals surface area contributed by atoms with Crippen LogP contribution >= 0.6 is 0 Å². The van der Waals surface area contributed by atoms with Crippen LogP contribution in [0.15, 0.2) is 0 Å². The average molecular weight is 224 g/mol. The Morgan fingerprint density at radius 2 is 1.81 bits per heavy atom. The third-order valence-electron chi connectivity index (χ3n) is 5.18. The lowest BCUT2D eigenvalue weighted by atomic mass is 9.70. The average Bonchev–Trinajstić information content (AvgIpc) is 2.65. The van der Waals surface area contributed by atoms with E-state index in [1.807, 2.05) is 7.11 Å². The van der Waals surface area contributed by atoms with Gasteiger partial charge in [0.15, 0.2) is 0 Å². The van der Waals surface area contributed by atoms with Crippen LogP contribution < -0.4 is 0 Å². The van der Waals surface area contributed by atoms with Crippen LogP contribution in [0.3, 0.4) is 0 Å². The van der Waals surface area contributed by atoms with E-state index in [2.05, 4.69) is 6.92 Å². The first kappa shape index (κ1) is 11.0. The van der Waals surface area contributed by atoms with Crippen molar-refractivity contribution in [3.63, 3.8) is 0 Å². The summed E-state index contributed by atoms with van der Waals surface area (Å²) in [5, 5.41) is 0. The molecule has 2 nitrogen and oxygen atoms in total. The summed E-state index contributed by atoms with van der Waals surface area (Å²) in [4.78, 5) is 0. The van der Waals surface area contributed by atoms with Gasteiger partial charge in [0.25, 0.3) is 0 Å². The normalized spacial score (nSPS) is 52.1. The van der Waals surface area contributed by atoms with Crippen molar-refractivity contribution in [3.05, 3.63) is 0 Å². The van der Waals surface area contributed by atoms with E-state index in [-0.39, 0.29) is 0 Å². The summed E-state index contributed by atoms with van der Waals surface area (Å²) in [6.07, 6.45) is 9.58. The first-order valence-corrected chi connectivity index (χ1v) is 6.98. The predicted octanol–water partition coefficient (Wildman–Crippen LogP) is 3.01. The van der Waals surface area contributed by atoms with Crippen molar-refractivity contribution in [2.45, 2.75) is 63.8 Å². The lowest BCUT2D eigenvalue weighted by Crippen LogP contribution is -2.38. The highest BCUT2D eigenvalue weighted by molar-refractivity contribution is 4.97. The third kappa shape index (κ3) is 1.70. The highest BCUT2D eigenvalue weighted by Crippen LogP contribution is 2.48. The van der Waals surface area contributed by atoms with E-state index >= 15 is 0 Å². The minimum Gasteiger partial charge on any atom is -0.381 e. The summed E-state index contributed by atoms with van der Waals surface area (Å²) in [5.74, 6) is 2.32. The van der Waals surface area contributed by atoms with E-state index < -0.39 is 0 Å². The van der Waals surface area contributed by atoms with Crippen molar-refractivity contribution in [2.75, 3.05) is 7.11 Å². The van der Waals surface area contributed by atoms with Gasteiger partial charge in [0.2, 0.25) is 0 Å². The monoisotopic (exact) mass is 224 g/mol. The zero-order chi connectivity index (χ0) is 11.1. The highest BCUT2D eigenvalue weighted by atomic mass is 16.5. The van der Waals surface area contributed by atoms with Crippen LogP contribution in [0.25, 0.3) is 0 Å². The molecule has 3 fully saturated rings. The van der Waals surface area contributed by atoms with Gasteiger partial charge in [0.1, 0.15) is 0 Å². The molecule has 3 aliphatic rings. The van der Waals surface area contributed by atoms with Gasteiger partial charge in [-0.3, -0.25) is 0 Å². The molecule has 0 N–H and O–H groups in total. The van der Waals surface area contributed by atoms with Gasteiger partial charge in [-0.05, 0) is 43.4 Å². The number of fused-ring (bicyclic) bond motifs is 3. The summed E-state index contributed by atoms with van der Waals surface area (Å²) in [6, 6.07) is 0. The zero-order valence-corrected chi connectivity index (χ0v) is 10.5. The molecule has 6 unspecified atom stereocenters. The predicted molar refractivity (Wildman–Crippen MR) is 63.3 cm³/mol. The van der Waals surface area contributed by atoms with Gasteiger partial charge in [-0.25, -0.2) is 0 Å². The van der Waals surface area contributed by atoms with Crippen LogP contribution in [0.5, 0.6) is 0 Å². The number of ether oxygens (including phenoxy) is 2. The molecular weight excluding hydrogens is 200 g/mol. The molecule has 1 heterocycles. The van der Waals surface area contributed by atoms with Crippen molar-refractivity contribution in [1.82, 2.24) is 0 Å². The van der Waals surface area contributed by atoms with Crippen LogP contribution in [0.4, 0.5) is 0 Å². The van der Waals surface area contributed by atoms with E-state index in [0.717, 1.165) is 11.8 Å². The Kier molecular flexibility index (Phi) is 2.97. The molecule has 0 amide bonds. The molecule has 16 heavy (non-hydrogen) atoms. The Balaban J connectivity index is 1.74. The van der Waals surface area contributed by atoms with E-state index in [9.17, 15) is 0 Å². The second-order valence-corrected chi connectivity index (χ2v) is 6.05. The van der Waals surface area contributed by atoms with Crippen molar-refractivity contribution in [2.24, 2.45) is 17.8 Å². The summed E-state index contributed by atoms with van der Waals surface area (Å²) in [5.41, 5.74) is 0. The molecule has 2 aliphatic carbocycles. The molecule has 92 valence electrons. The lowest BCUT2D eigenvalue weighted by molar-refractivity contribution is -0.0492. The van der Waals surface area contributed by atoms with Gasteiger partial charge < -0.3 is 9.47 Å². The fraction of sp³-hybridized carbons (Fsp3) is 1.00. The maximum Gasteiger partial charge on any atom is 0.0615 e. The lowest BCUT2D eigenvalue weighted by Gasteiger charge is -2.37. The number of methoxy groups -OCH3 is 1. The molecule has 2 saturated carbocycles. The standard InChI is InChI=1S/C14H24O2/c1-9-7-14-11(8-13(9)15-2)10-5-3-4-6-12(10)16-14/h9-14H,3-8H2,1-2H3. The zero-order valence-electron chi connectivity index (χ0n) is 10.5. The van der Waals surface area contributed by atoms with Gasteiger partial charge in [-0.15, -0.1) is 0 Å². The Bertz CT molecular complexity index is 253. The van der Waals surface area contributed by atoms with Crippen molar-refractivity contribution >= 4 is 0 Å². The summed E-state index contributed by atoms with van der Waals surface area (Å²) < 4.78 is 11.9. The molecule has 0 bridgehead atoms. The second kappa shape index (κ2) is 4.30. The molecule has 0 spiro atoms. The minimum atomic E-state index is 0.477. The molecule has 6 atom stereocenters. The van der Waals surface area contributed by atoms with Crippen molar-refractivity contribution in [3.8, 4) is 0 Å². The second-order valence-electron chi connectivity index (χ2n) is 6.05. The molecule has 3 rings (SSSR count). The van der Waals surface area contributed by atoms with Gasteiger partial charge in [0, 0.05) is 7.11 Å². The van der Waals surface area contributed by atoms with E-state index in [4.69, 9.17) is 9.47 Å². The SMILES string of the molecule is COC1CC2C(CC1C)OC1CCCCC12. The van der Waals surface area contributed by atoms with Crippen LogP contribution in [0.2, 0.25) is 0 Å². The molecular formula is C14H24O2. The Morgan fingerprint density at radius 3 is 2.62 bits per heavy atom. The van der Waals surface area contributed by atoms with Crippen LogP contribution in [-0.4, -0.2) is 25.4 Å². The highest BCUT2D eigenvalue weighted by Gasteiger charge is 2.49. The van der Waals surface area contributed by atoms with Gasteiger partial charge >= 0.3 is 0 Å². The summed E-state index contributed by atoms with van der Waals surface area (Å²) >= 11 is 0. The largest absolute Gasteiger partial charge is 0.381 e.